The first-order valence-electron chi connectivity index (χ1n) is 9.23. The Morgan fingerprint density at radius 1 is 1.46 bits per heavy atom. The van der Waals surface area contributed by atoms with Gasteiger partial charge in [0.1, 0.15) is 32.8 Å². The molecule has 0 radical (unpaired) electrons. The van der Waals surface area contributed by atoms with Gasteiger partial charge in [-0.2, -0.15) is 0 Å². The second kappa shape index (κ2) is 10.6. The summed E-state index contributed by atoms with van der Waals surface area (Å²) in [6.45, 7) is 10.7. The highest BCUT2D eigenvalue weighted by Gasteiger charge is 2.25. The average Bonchev–Trinajstić information content (AvgIpc) is 2.60. The van der Waals surface area contributed by atoms with Gasteiger partial charge < -0.3 is 24.4 Å². The standard InChI is InChI=1S/C20H29ClN2O3/c1-5-7-26-20-18(21)9-16(10-19(20)24-4)11-22-12-17-14-23(6-8-25-17)13-15(2)3/h1,9-10,15,17,22H,6-8,11-14H2,2-4H3/p+2/t17-/m0/s1. The summed E-state index contributed by atoms with van der Waals surface area (Å²) in [6, 6.07) is 3.86. The number of morpholine rings is 1. The van der Waals surface area contributed by atoms with Gasteiger partial charge in [0.05, 0.1) is 25.3 Å². The number of methoxy groups -OCH3 is 1. The normalized spacial score (nSPS) is 20.0. The van der Waals surface area contributed by atoms with Crippen LogP contribution in [0.4, 0.5) is 0 Å². The van der Waals surface area contributed by atoms with Crippen molar-refractivity contribution in [2.75, 3.05) is 46.5 Å². The summed E-state index contributed by atoms with van der Waals surface area (Å²) >= 11 is 6.33. The topological polar surface area (TPSA) is 48.7 Å². The monoisotopic (exact) mass is 382 g/mol. The Balaban J connectivity index is 1.87. The van der Waals surface area contributed by atoms with E-state index in [0.29, 0.717) is 22.6 Å². The largest absolute Gasteiger partial charge is 0.493 e. The Morgan fingerprint density at radius 3 is 2.96 bits per heavy atom. The van der Waals surface area contributed by atoms with Crippen LogP contribution >= 0.6 is 11.6 Å². The van der Waals surface area contributed by atoms with E-state index in [1.165, 1.54) is 6.54 Å². The summed E-state index contributed by atoms with van der Waals surface area (Å²) in [5, 5.41) is 2.78. The molecule has 1 fully saturated rings. The molecule has 0 amide bonds. The summed E-state index contributed by atoms with van der Waals surface area (Å²) in [5.74, 6) is 4.26. The van der Waals surface area contributed by atoms with Crippen molar-refractivity contribution in [2.24, 2.45) is 5.92 Å². The van der Waals surface area contributed by atoms with Crippen LogP contribution in [0, 0.1) is 18.3 Å². The van der Waals surface area contributed by atoms with E-state index in [2.05, 4.69) is 25.1 Å². The maximum absolute atomic E-state index is 6.33. The van der Waals surface area contributed by atoms with Gasteiger partial charge in [0.2, 0.25) is 0 Å². The van der Waals surface area contributed by atoms with Crippen LogP contribution in [-0.4, -0.2) is 52.6 Å². The third kappa shape index (κ3) is 6.37. The molecule has 1 saturated heterocycles. The van der Waals surface area contributed by atoms with Gasteiger partial charge in [-0.15, -0.1) is 6.42 Å². The number of terminal acetylenes is 1. The van der Waals surface area contributed by atoms with Crippen LogP contribution in [0.1, 0.15) is 19.4 Å². The van der Waals surface area contributed by atoms with Crippen molar-refractivity contribution >= 4 is 11.6 Å². The highest BCUT2D eigenvalue weighted by molar-refractivity contribution is 6.32. The fraction of sp³-hybridized carbons (Fsp3) is 0.600. The lowest BCUT2D eigenvalue weighted by atomic mass is 10.1. The van der Waals surface area contributed by atoms with E-state index in [4.69, 9.17) is 32.2 Å². The highest BCUT2D eigenvalue weighted by Crippen LogP contribution is 2.36. The zero-order valence-corrected chi connectivity index (χ0v) is 16.8. The van der Waals surface area contributed by atoms with Gasteiger partial charge in [-0.1, -0.05) is 31.4 Å². The quantitative estimate of drug-likeness (QED) is 0.606. The molecule has 0 saturated carbocycles. The van der Waals surface area contributed by atoms with Crippen molar-refractivity contribution in [1.82, 2.24) is 0 Å². The minimum Gasteiger partial charge on any atom is -0.493 e. The van der Waals surface area contributed by atoms with Gasteiger partial charge in [-0.25, -0.2) is 0 Å². The molecule has 2 atom stereocenters. The van der Waals surface area contributed by atoms with Crippen LogP contribution in [0.3, 0.4) is 0 Å². The number of hydrogen-bond donors (Lipinski definition) is 2. The third-order valence-corrected chi connectivity index (χ3v) is 4.70. The smallest absolute Gasteiger partial charge is 0.181 e. The molecule has 1 unspecified atom stereocenters. The predicted molar refractivity (Wildman–Crippen MR) is 103 cm³/mol. The molecule has 2 rings (SSSR count). The number of ether oxygens (including phenoxy) is 3. The first-order chi connectivity index (χ1) is 12.5. The minimum absolute atomic E-state index is 0.162. The third-order valence-electron chi connectivity index (χ3n) is 4.42. The fourth-order valence-electron chi connectivity index (χ4n) is 3.35. The van der Waals surface area contributed by atoms with Crippen LogP contribution in [-0.2, 0) is 11.3 Å². The number of halogens is 1. The number of nitrogens with one attached hydrogen (secondary N) is 1. The van der Waals surface area contributed by atoms with Crippen molar-refractivity contribution in [2.45, 2.75) is 26.5 Å². The minimum atomic E-state index is 0.162. The van der Waals surface area contributed by atoms with Crippen LogP contribution in [0.15, 0.2) is 12.1 Å². The van der Waals surface area contributed by atoms with E-state index < -0.39 is 0 Å². The average molecular weight is 383 g/mol. The van der Waals surface area contributed by atoms with E-state index in [9.17, 15) is 0 Å². The molecule has 1 aliphatic heterocycles. The van der Waals surface area contributed by atoms with Gasteiger partial charge in [0.15, 0.2) is 17.6 Å². The molecule has 1 heterocycles. The maximum atomic E-state index is 6.33. The lowest BCUT2D eigenvalue weighted by Gasteiger charge is -2.30. The maximum Gasteiger partial charge on any atom is 0.181 e. The molecular formula is C20H31ClN2O3+2. The molecule has 1 aliphatic rings. The molecule has 1 aromatic carbocycles. The van der Waals surface area contributed by atoms with Crippen LogP contribution in [0.25, 0.3) is 0 Å². The van der Waals surface area contributed by atoms with Crippen molar-refractivity contribution in [1.29, 1.82) is 0 Å². The highest BCUT2D eigenvalue weighted by atomic mass is 35.5. The molecule has 3 N–H and O–H groups in total. The van der Waals surface area contributed by atoms with Gasteiger partial charge >= 0.3 is 0 Å². The number of nitrogens with two attached hydrogens (primary N) is 1. The van der Waals surface area contributed by atoms with E-state index in [-0.39, 0.29) is 6.61 Å². The van der Waals surface area contributed by atoms with Gasteiger partial charge in [-0.05, 0) is 12.1 Å². The van der Waals surface area contributed by atoms with E-state index >= 15 is 0 Å². The van der Waals surface area contributed by atoms with E-state index in [1.54, 1.807) is 12.0 Å². The molecule has 144 valence electrons. The van der Waals surface area contributed by atoms with Crippen molar-refractivity contribution in [3.63, 3.8) is 0 Å². The Hall–Kier alpha value is -1.45. The first-order valence-corrected chi connectivity index (χ1v) is 9.60. The Bertz CT molecular complexity index is 616. The van der Waals surface area contributed by atoms with Crippen molar-refractivity contribution in [3.05, 3.63) is 22.7 Å². The number of rotatable bonds is 9. The molecule has 0 spiro atoms. The number of hydrogen-bond acceptors (Lipinski definition) is 3. The Labute approximate surface area is 161 Å². The molecule has 0 aromatic heterocycles. The van der Waals surface area contributed by atoms with Gasteiger partial charge in [0.25, 0.3) is 0 Å². The number of benzene rings is 1. The van der Waals surface area contributed by atoms with Crippen molar-refractivity contribution in [3.8, 4) is 23.8 Å². The second-order valence-electron chi connectivity index (χ2n) is 7.13. The van der Waals surface area contributed by atoms with E-state index in [0.717, 1.165) is 44.3 Å². The molecule has 6 heteroatoms. The SMILES string of the molecule is C#CCOc1c(Cl)cc(C[NH2+]C[C@H]2C[NH+](CC(C)C)CCO2)cc1OC. The van der Waals surface area contributed by atoms with E-state index in [1.807, 2.05) is 12.1 Å². The lowest BCUT2D eigenvalue weighted by molar-refractivity contribution is -0.917. The molecule has 5 nitrogen and oxygen atoms in total. The van der Waals surface area contributed by atoms with Gasteiger partial charge in [-0.3, -0.25) is 0 Å². The van der Waals surface area contributed by atoms with Gasteiger partial charge in [0, 0.05) is 11.5 Å². The fourth-order valence-corrected chi connectivity index (χ4v) is 3.64. The molecule has 0 bridgehead atoms. The summed E-state index contributed by atoms with van der Waals surface area (Å²) in [7, 11) is 1.60. The zero-order valence-electron chi connectivity index (χ0n) is 16.0. The Kier molecular flexibility index (Phi) is 8.53. The summed E-state index contributed by atoms with van der Waals surface area (Å²) < 4.78 is 16.8. The lowest BCUT2D eigenvalue weighted by Crippen LogP contribution is -3.16. The summed E-state index contributed by atoms with van der Waals surface area (Å²) in [4.78, 5) is 1.64. The van der Waals surface area contributed by atoms with Crippen molar-refractivity contribution < 1.29 is 24.4 Å². The molecule has 0 aliphatic carbocycles. The summed E-state index contributed by atoms with van der Waals surface area (Å²) in [6.07, 6.45) is 5.54. The van der Waals surface area contributed by atoms with Crippen LogP contribution in [0.5, 0.6) is 11.5 Å². The van der Waals surface area contributed by atoms with Crippen LogP contribution in [0.2, 0.25) is 5.02 Å². The summed E-state index contributed by atoms with van der Waals surface area (Å²) in [5.41, 5.74) is 1.09. The predicted octanol–water partition coefficient (Wildman–Crippen LogP) is 0.364. The molecule has 26 heavy (non-hydrogen) atoms. The first kappa shape index (κ1) is 20.9. The number of quaternary nitrogens is 2. The zero-order chi connectivity index (χ0) is 18.9. The molecular weight excluding hydrogens is 352 g/mol. The van der Waals surface area contributed by atoms with Crippen LogP contribution < -0.4 is 19.7 Å². The second-order valence-corrected chi connectivity index (χ2v) is 7.53. The molecule has 1 aromatic rings. The Morgan fingerprint density at radius 2 is 2.27 bits per heavy atom.